The summed E-state index contributed by atoms with van der Waals surface area (Å²) in [5, 5.41) is 0. The van der Waals surface area contributed by atoms with E-state index in [2.05, 4.69) is 13.0 Å². The van der Waals surface area contributed by atoms with Crippen LogP contribution in [0, 0.1) is 0 Å². The topological polar surface area (TPSA) is 56.5 Å². The number of rotatable bonds is 5. The molecule has 0 saturated carbocycles. The Hall–Kier alpha value is -3.02. The number of fused-ring (bicyclic) bond motifs is 2. The fourth-order valence-electron chi connectivity index (χ4n) is 4.09. The van der Waals surface area contributed by atoms with Gasteiger partial charge in [0.1, 0.15) is 11.9 Å². The van der Waals surface area contributed by atoms with Crippen LogP contribution in [0.2, 0.25) is 0 Å². The fraction of sp³-hybridized carbons (Fsp3) is 0.391. The monoisotopic (exact) mass is 393 g/mol. The van der Waals surface area contributed by atoms with E-state index in [0.717, 1.165) is 34.3 Å². The first-order valence-corrected chi connectivity index (χ1v) is 10.00. The minimum atomic E-state index is -0.0397. The molecule has 6 nitrogen and oxygen atoms in total. The molecule has 1 amide bonds. The molecule has 0 fully saturated rings. The molecule has 152 valence electrons. The van der Waals surface area contributed by atoms with Gasteiger partial charge in [-0.2, -0.15) is 0 Å². The van der Waals surface area contributed by atoms with Gasteiger partial charge in [-0.3, -0.25) is 13.9 Å². The van der Waals surface area contributed by atoms with Gasteiger partial charge < -0.3 is 9.64 Å². The van der Waals surface area contributed by atoms with Crippen LogP contribution in [0.15, 0.2) is 41.2 Å². The molecule has 0 saturated heterocycles. The number of amides is 1. The average Bonchev–Trinajstić information content (AvgIpc) is 3.18. The molecule has 1 atom stereocenters. The molecule has 1 aliphatic heterocycles. The van der Waals surface area contributed by atoms with E-state index in [-0.39, 0.29) is 17.7 Å². The first kappa shape index (κ1) is 19.3. The van der Waals surface area contributed by atoms with Gasteiger partial charge >= 0.3 is 5.69 Å². The molecular formula is C23H27N3O3. The van der Waals surface area contributed by atoms with Gasteiger partial charge in [-0.1, -0.05) is 18.2 Å². The predicted molar refractivity (Wildman–Crippen MR) is 113 cm³/mol. The Labute approximate surface area is 170 Å². The summed E-state index contributed by atoms with van der Waals surface area (Å²) in [6.07, 6.45) is 2.23. The van der Waals surface area contributed by atoms with Gasteiger partial charge in [-0.05, 0) is 48.2 Å². The molecule has 1 aromatic heterocycles. The molecule has 2 aromatic carbocycles. The van der Waals surface area contributed by atoms with Crippen molar-refractivity contribution in [2.75, 3.05) is 7.05 Å². The highest BCUT2D eigenvalue weighted by Crippen LogP contribution is 2.29. The Bertz CT molecular complexity index is 1140. The van der Waals surface area contributed by atoms with E-state index < -0.39 is 0 Å². The molecule has 0 radical (unpaired) electrons. The van der Waals surface area contributed by atoms with Crippen LogP contribution in [0.1, 0.15) is 30.0 Å². The number of aromatic nitrogens is 2. The van der Waals surface area contributed by atoms with E-state index in [1.165, 1.54) is 5.56 Å². The third kappa shape index (κ3) is 3.67. The summed E-state index contributed by atoms with van der Waals surface area (Å²) in [5.41, 5.74) is 5.16. The molecule has 0 aliphatic carbocycles. The van der Waals surface area contributed by atoms with E-state index in [1.54, 1.807) is 28.1 Å². The maximum absolute atomic E-state index is 12.6. The lowest BCUT2D eigenvalue weighted by atomic mass is 10.1. The summed E-state index contributed by atoms with van der Waals surface area (Å²) in [7, 11) is 5.39. The van der Waals surface area contributed by atoms with Crippen molar-refractivity contribution in [3.8, 4) is 5.75 Å². The highest BCUT2D eigenvalue weighted by atomic mass is 16.5. The van der Waals surface area contributed by atoms with E-state index in [0.29, 0.717) is 19.4 Å². The lowest BCUT2D eigenvalue weighted by Gasteiger charge is -2.18. The lowest BCUT2D eigenvalue weighted by molar-refractivity contribution is -0.130. The van der Waals surface area contributed by atoms with E-state index >= 15 is 0 Å². The average molecular weight is 393 g/mol. The summed E-state index contributed by atoms with van der Waals surface area (Å²) in [5.74, 6) is 1.07. The van der Waals surface area contributed by atoms with Gasteiger partial charge in [-0.25, -0.2) is 4.79 Å². The molecule has 1 aliphatic rings. The van der Waals surface area contributed by atoms with Crippen molar-refractivity contribution in [3.63, 3.8) is 0 Å². The van der Waals surface area contributed by atoms with Crippen LogP contribution in [-0.2, 0) is 38.3 Å². The number of ether oxygens (including phenoxy) is 1. The van der Waals surface area contributed by atoms with Gasteiger partial charge in [0, 0.05) is 40.5 Å². The van der Waals surface area contributed by atoms with Crippen LogP contribution in [-0.4, -0.2) is 33.1 Å². The molecule has 4 rings (SSSR count). The van der Waals surface area contributed by atoms with Crippen LogP contribution in [0.4, 0.5) is 0 Å². The van der Waals surface area contributed by atoms with Gasteiger partial charge in [0.2, 0.25) is 5.91 Å². The number of carbonyl (C=O) groups is 1. The van der Waals surface area contributed by atoms with Crippen LogP contribution in [0.3, 0.4) is 0 Å². The molecule has 29 heavy (non-hydrogen) atoms. The summed E-state index contributed by atoms with van der Waals surface area (Å²) >= 11 is 0. The molecular weight excluding hydrogens is 366 g/mol. The minimum absolute atomic E-state index is 0.0397. The van der Waals surface area contributed by atoms with Gasteiger partial charge in [0.15, 0.2) is 0 Å². The zero-order chi connectivity index (χ0) is 20.7. The smallest absolute Gasteiger partial charge is 0.328 e. The Balaban J connectivity index is 1.39. The van der Waals surface area contributed by atoms with Gasteiger partial charge in [-0.15, -0.1) is 0 Å². The number of hydrogen-bond donors (Lipinski definition) is 0. The third-order valence-electron chi connectivity index (χ3n) is 5.77. The van der Waals surface area contributed by atoms with E-state index in [4.69, 9.17) is 4.74 Å². The standard InChI is InChI=1S/C23H27N3O3/c1-15-11-18-12-17(6-9-21(18)29-15)14-24(2)22(27)10-7-16-5-8-19-20(13-16)26(4)23(28)25(19)3/h5-6,8-9,12-13,15H,7,10-11,14H2,1-4H3. The zero-order valence-electron chi connectivity index (χ0n) is 17.4. The molecule has 3 aromatic rings. The Kier molecular flexibility index (Phi) is 4.94. The first-order valence-electron chi connectivity index (χ1n) is 10.00. The van der Waals surface area contributed by atoms with Gasteiger partial charge in [0.25, 0.3) is 0 Å². The molecule has 0 N–H and O–H groups in total. The Morgan fingerprint density at radius 1 is 1.10 bits per heavy atom. The minimum Gasteiger partial charge on any atom is -0.490 e. The first-order chi connectivity index (χ1) is 13.8. The summed E-state index contributed by atoms with van der Waals surface area (Å²) < 4.78 is 9.03. The number of nitrogens with zero attached hydrogens (tertiary/aromatic N) is 3. The van der Waals surface area contributed by atoms with Crippen LogP contribution in [0.25, 0.3) is 11.0 Å². The number of carbonyl (C=O) groups excluding carboxylic acids is 1. The quantitative estimate of drug-likeness (QED) is 0.670. The molecule has 6 heteroatoms. The van der Waals surface area contributed by atoms with Gasteiger partial charge in [0.05, 0.1) is 11.0 Å². The molecule has 1 unspecified atom stereocenters. The number of benzene rings is 2. The molecule has 0 spiro atoms. The number of aryl methyl sites for hydroxylation is 3. The van der Waals surface area contributed by atoms with Crippen LogP contribution >= 0.6 is 0 Å². The zero-order valence-corrected chi connectivity index (χ0v) is 17.4. The Morgan fingerprint density at radius 2 is 1.83 bits per heavy atom. The highest BCUT2D eigenvalue weighted by Gasteiger charge is 2.19. The Morgan fingerprint density at radius 3 is 2.62 bits per heavy atom. The third-order valence-corrected chi connectivity index (χ3v) is 5.77. The van der Waals surface area contributed by atoms with Crippen molar-refractivity contribution < 1.29 is 9.53 Å². The fourth-order valence-corrected chi connectivity index (χ4v) is 4.09. The molecule has 2 heterocycles. The van der Waals surface area contributed by atoms with Crippen molar-refractivity contribution in [1.82, 2.24) is 14.0 Å². The number of hydrogen-bond acceptors (Lipinski definition) is 3. The summed E-state index contributed by atoms with van der Waals surface area (Å²) in [6.45, 7) is 2.66. The maximum Gasteiger partial charge on any atom is 0.328 e. The van der Waals surface area contributed by atoms with Crippen molar-refractivity contribution in [1.29, 1.82) is 0 Å². The second-order valence-electron chi connectivity index (χ2n) is 8.05. The van der Waals surface area contributed by atoms with Crippen molar-refractivity contribution in [2.45, 2.75) is 38.8 Å². The highest BCUT2D eigenvalue weighted by molar-refractivity contribution is 5.78. The second-order valence-corrected chi connectivity index (χ2v) is 8.05. The number of imidazole rings is 1. The SMILES string of the molecule is CC1Cc2cc(CN(C)C(=O)CCc3ccc4c(c3)n(C)c(=O)n4C)ccc2O1. The predicted octanol–water partition coefficient (Wildman–Crippen LogP) is 2.79. The van der Waals surface area contributed by atoms with Crippen LogP contribution < -0.4 is 10.4 Å². The van der Waals surface area contributed by atoms with Crippen molar-refractivity contribution in [3.05, 3.63) is 63.6 Å². The normalized spacial score (nSPS) is 15.4. The van der Waals surface area contributed by atoms with E-state index in [9.17, 15) is 9.59 Å². The lowest BCUT2D eigenvalue weighted by Crippen LogP contribution is -2.26. The second kappa shape index (κ2) is 7.43. The largest absolute Gasteiger partial charge is 0.490 e. The maximum atomic E-state index is 12.6. The summed E-state index contributed by atoms with van der Waals surface area (Å²) in [6, 6.07) is 12.1. The van der Waals surface area contributed by atoms with Crippen LogP contribution in [0.5, 0.6) is 5.75 Å². The van der Waals surface area contributed by atoms with Crippen molar-refractivity contribution >= 4 is 16.9 Å². The van der Waals surface area contributed by atoms with E-state index in [1.807, 2.05) is 37.4 Å². The van der Waals surface area contributed by atoms with Crippen molar-refractivity contribution in [2.24, 2.45) is 14.1 Å². The molecule has 0 bridgehead atoms. The summed E-state index contributed by atoms with van der Waals surface area (Å²) in [4.78, 5) is 26.5.